The second kappa shape index (κ2) is 10.1. The highest BCUT2D eigenvalue weighted by molar-refractivity contribution is 5.35. The summed E-state index contributed by atoms with van der Waals surface area (Å²) in [7, 11) is 4.17. The number of hydrogen-bond acceptors (Lipinski definition) is 7. The summed E-state index contributed by atoms with van der Waals surface area (Å²) in [6, 6.07) is 0.374. The summed E-state index contributed by atoms with van der Waals surface area (Å²) in [5.74, 6) is 1.12. The van der Waals surface area contributed by atoms with E-state index in [2.05, 4.69) is 51.5 Å². The Bertz CT molecular complexity index is 399. The maximum atomic E-state index is 5.49. The van der Waals surface area contributed by atoms with Gasteiger partial charge >= 0.3 is 6.01 Å². The van der Waals surface area contributed by atoms with Crippen LogP contribution in [0.25, 0.3) is 0 Å². The first-order chi connectivity index (χ1) is 10.2. The summed E-state index contributed by atoms with van der Waals surface area (Å²) >= 11 is 0. The lowest BCUT2D eigenvalue weighted by molar-refractivity contribution is 0.292. The average molecular weight is 296 g/mol. The lowest BCUT2D eigenvalue weighted by Gasteiger charge is -2.11. The van der Waals surface area contributed by atoms with Gasteiger partial charge < -0.3 is 20.3 Å². The van der Waals surface area contributed by atoms with Gasteiger partial charge in [-0.15, -0.1) is 0 Å². The van der Waals surface area contributed by atoms with Gasteiger partial charge in [0.2, 0.25) is 11.9 Å². The number of anilines is 2. The van der Waals surface area contributed by atoms with Crippen molar-refractivity contribution in [1.82, 2.24) is 19.9 Å². The Kier molecular flexibility index (Phi) is 8.42. The van der Waals surface area contributed by atoms with E-state index in [4.69, 9.17) is 4.74 Å². The molecule has 0 aliphatic rings. The highest BCUT2D eigenvalue weighted by Gasteiger charge is 2.06. The Morgan fingerprint density at radius 2 is 1.71 bits per heavy atom. The van der Waals surface area contributed by atoms with Crippen LogP contribution in [-0.4, -0.2) is 60.2 Å². The van der Waals surface area contributed by atoms with E-state index in [9.17, 15) is 0 Å². The molecular formula is C14H28N6O. The van der Waals surface area contributed by atoms with Gasteiger partial charge in [-0.25, -0.2) is 0 Å². The first-order valence-corrected chi connectivity index (χ1v) is 7.67. The van der Waals surface area contributed by atoms with Crippen LogP contribution in [-0.2, 0) is 0 Å². The van der Waals surface area contributed by atoms with Crippen LogP contribution in [0.3, 0.4) is 0 Å². The first kappa shape index (κ1) is 17.4. The molecule has 0 spiro atoms. The van der Waals surface area contributed by atoms with E-state index in [1.54, 1.807) is 0 Å². The summed E-state index contributed by atoms with van der Waals surface area (Å²) in [4.78, 5) is 15.0. The van der Waals surface area contributed by atoms with E-state index in [-0.39, 0.29) is 0 Å². The summed E-state index contributed by atoms with van der Waals surface area (Å²) in [6.45, 7) is 7.36. The van der Waals surface area contributed by atoms with Gasteiger partial charge in [0, 0.05) is 13.1 Å². The van der Waals surface area contributed by atoms with Crippen LogP contribution in [0.4, 0.5) is 11.9 Å². The fourth-order valence-corrected chi connectivity index (χ4v) is 1.68. The van der Waals surface area contributed by atoms with Crippen LogP contribution >= 0.6 is 0 Å². The van der Waals surface area contributed by atoms with Crippen molar-refractivity contribution in [2.24, 2.45) is 0 Å². The van der Waals surface area contributed by atoms with Gasteiger partial charge in [0.05, 0.1) is 6.61 Å². The summed E-state index contributed by atoms with van der Waals surface area (Å²) in [5.41, 5.74) is 0. The molecule has 1 rings (SSSR count). The largest absolute Gasteiger partial charge is 0.463 e. The first-order valence-electron chi connectivity index (χ1n) is 7.67. The number of ether oxygens (including phenoxy) is 1. The molecule has 7 heteroatoms. The van der Waals surface area contributed by atoms with E-state index >= 15 is 0 Å². The van der Waals surface area contributed by atoms with E-state index in [0.717, 1.165) is 38.9 Å². The molecule has 0 fully saturated rings. The van der Waals surface area contributed by atoms with Gasteiger partial charge in [0.1, 0.15) is 0 Å². The topological polar surface area (TPSA) is 75.2 Å². The SMILES string of the molecule is CCCOc1nc(NCC)nc(NCCCCN(C)C)n1. The van der Waals surface area contributed by atoms with E-state index < -0.39 is 0 Å². The molecule has 0 aromatic carbocycles. The second-order valence-electron chi connectivity index (χ2n) is 5.08. The molecule has 0 aliphatic heterocycles. The number of rotatable bonds is 11. The predicted molar refractivity (Wildman–Crippen MR) is 86.1 cm³/mol. The van der Waals surface area contributed by atoms with Crippen LogP contribution in [0.5, 0.6) is 6.01 Å². The standard InChI is InChI=1S/C14H28N6O/c1-5-11-21-14-18-12(15-6-2)17-13(19-14)16-9-7-8-10-20(3)4/h5-11H2,1-4H3,(H2,15,16,17,18,19). The Morgan fingerprint density at radius 3 is 2.33 bits per heavy atom. The Labute approximate surface area is 127 Å². The number of hydrogen-bond donors (Lipinski definition) is 2. The second-order valence-corrected chi connectivity index (χ2v) is 5.08. The fraction of sp³-hybridized carbons (Fsp3) is 0.786. The lowest BCUT2D eigenvalue weighted by Crippen LogP contribution is -2.15. The molecule has 0 amide bonds. The van der Waals surface area contributed by atoms with Gasteiger partial charge in [0.25, 0.3) is 0 Å². The van der Waals surface area contributed by atoms with E-state index in [1.807, 2.05) is 6.92 Å². The van der Waals surface area contributed by atoms with Crippen LogP contribution in [0.15, 0.2) is 0 Å². The monoisotopic (exact) mass is 296 g/mol. The van der Waals surface area contributed by atoms with Crippen LogP contribution in [0.2, 0.25) is 0 Å². The predicted octanol–water partition coefficient (Wildman–Crippen LogP) is 1.85. The quantitative estimate of drug-likeness (QED) is 0.603. The smallest absolute Gasteiger partial charge is 0.323 e. The van der Waals surface area contributed by atoms with Crippen molar-refractivity contribution in [3.8, 4) is 6.01 Å². The van der Waals surface area contributed by atoms with Crippen LogP contribution in [0.1, 0.15) is 33.1 Å². The fourth-order valence-electron chi connectivity index (χ4n) is 1.68. The van der Waals surface area contributed by atoms with E-state index in [1.165, 1.54) is 0 Å². The van der Waals surface area contributed by atoms with Crippen molar-refractivity contribution in [3.05, 3.63) is 0 Å². The summed E-state index contributed by atoms with van der Waals surface area (Å²) in [6.07, 6.45) is 3.14. The minimum absolute atomic E-state index is 0.374. The minimum atomic E-state index is 0.374. The number of nitrogens with zero attached hydrogens (tertiary/aromatic N) is 4. The van der Waals surface area contributed by atoms with Gasteiger partial charge in [-0.3, -0.25) is 0 Å². The maximum absolute atomic E-state index is 5.49. The molecule has 1 aromatic heterocycles. The number of nitrogens with one attached hydrogen (secondary N) is 2. The third-order valence-corrected chi connectivity index (χ3v) is 2.70. The third kappa shape index (κ3) is 7.65. The van der Waals surface area contributed by atoms with Gasteiger partial charge in [-0.05, 0) is 46.8 Å². The van der Waals surface area contributed by atoms with Crippen molar-refractivity contribution in [1.29, 1.82) is 0 Å². The molecule has 21 heavy (non-hydrogen) atoms. The van der Waals surface area contributed by atoms with Crippen molar-refractivity contribution in [2.75, 3.05) is 51.0 Å². The molecule has 0 radical (unpaired) electrons. The van der Waals surface area contributed by atoms with Crippen LogP contribution in [0, 0.1) is 0 Å². The van der Waals surface area contributed by atoms with Crippen molar-refractivity contribution < 1.29 is 4.74 Å². The number of unbranched alkanes of at least 4 members (excludes halogenated alkanes) is 1. The summed E-state index contributed by atoms with van der Waals surface area (Å²) in [5, 5.41) is 6.33. The van der Waals surface area contributed by atoms with Gasteiger partial charge in [0.15, 0.2) is 0 Å². The maximum Gasteiger partial charge on any atom is 0.323 e. The molecule has 7 nitrogen and oxygen atoms in total. The molecule has 0 saturated carbocycles. The Morgan fingerprint density at radius 1 is 1.00 bits per heavy atom. The Balaban J connectivity index is 2.52. The third-order valence-electron chi connectivity index (χ3n) is 2.70. The van der Waals surface area contributed by atoms with Gasteiger partial charge in [-0.1, -0.05) is 6.92 Å². The minimum Gasteiger partial charge on any atom is -0.463 e. The summed E-state index contributed by atoms with van der Waals surface area (Å²) < 4.78 is 5.49. The average Bonchev–Trinajstić information content (AvgIpc) is 2.44. The van der Waals surface area contributed by atoms with Crippen LogP contribution < -0.4 is 15.4 Å². The molecule has 1 heterocycles. The molecule has 120 valence electrons. The highest BCUT2D eigenvalue weighted by Crippen LogP contribution is 2.11. The van der Waals surface area contributed by atoms with Crippen molar-refractivity contribution >= 4 is 11.9 Å². The molecule has 0 aliphatic carbocycles. The van der Waals surface area contributed by atoms with Crippen molar-refractivity contribution in [2.45, 2.75) is 33.1 Å². The van der Waals surface area contributed by atoms with Crippen molar-refractivity contribution in [3.63, 3.8) is 0 Å². The zero-order chi connectivity index (χ0) is 15.5. The number of aromatic nitrogens is 3. The van der Waals surface area contributed by atoms with E-state index in [0.29, 0.717) is 24.5 Å². The normalized spacial score (nSPS) is 10.7. The van der Waals surface area contributed by atoms with Gasteiger partial charge in [-0.2, -0.15) is 15.0 Å². The molecule has 2 N–H and O–H groups in total. The molecule has 0 bridgehead atoms. The molecule has 0 atom stereocenters. The molecular weight excluding hydrogens is 268 g/mol. The Hall–Kier alpha value is -1.63. The molecule has 0 saturated heterocycles. The highest BCUT2D eigenvalue weighted by atomic mass is 16.5. The zero-order valence-corrected chi connectivity index (χ0v) is 13.6. The zero-order valence-electron chi connectivity index (χ0n) is 13.6. The molecule has 1 aromatic rings. The molecule has 0 unspecified atom stereocenters. The lowest BCUT2D eigenvalue weighted by atomic mass is 10.3.